The average Bonchev–Trinajstić information content (AvgIpc) is 3.66. The first-order valence-electron chi connectivity index (χ1n) is 15.5. The molecule has 2 atom stereocenters. The molecule has 1 aliphatic carbocycles. The van der Waals surface area contributed by atoms with E-state index in [2.05, 4.69) is 15.5 Å². The number of carbonyl (C=O) groups excluding carboxylic acids is 3. The molecule has 1 N–H and O–H groups in total. The molecule has 1 aromatic heterocycles. The highest BCUT2D eigenvalue weighted by Gasteiger charge is 2.41. The number of nitrogens with zero attached hydrogens (tertiary/aromatic N) is 5. The number of nitrogens with one attached hydrogen (secondary N) is 1. The van der Waals surface area contributed by atoms with Crippen molar-refractivity contribution < 1.29 is 23.9 Å². The lowest BCUT2D eigenvalue weighted by atomic mass is 9.99. The van der Waals surface area contributed by atoms with E-state index in [4.69, 9.17) is 21.1 Å². The number of halogens is 1. The summed E-state index contributed by atoms with van der Waals surface area (Å²) in [5, 5.41) is 11.7. The quantitative estimate of drug-likeness (QED) is 0.251. The molecule has 2 aromatic carbocycles. The van der Waals surface area contributed by atoms with E-state index in [0.717, 1.165) is 29.8 Å². The highest BCUT2D eigenvalue weighted by Crippen LogP contribution is 2.39. The van der Waals surface area contributed by atoms with Gasteiger partial charge in [-0.1, -0.05) is 53.6 Å². The van der Waals surface area contributed by atoms with Gasteiger partial charge in [0.2, 0.25) is 17.7 Å². The van der Waals surface area contributed by atoms with Crippen LogP contribution in [0.2, 0.25) is 5.02 Å². The van der Waals surface area contributed by atoms with E-state index in [1.807, 2.05) is 42.7 Å². The number of hydrogen-bond acceptors (Lipinski definition) is 7. The highest BCUT2D eigenvalue weighted by atomic mass is 35.5. The van der Waals surface area contributed by atoms with Crippen molar-refractivity contribution in [1.82, 2.24) is 29.9 Å². The molecule has 1 aliphatic heterocycles. The molecule has 0 bridgehead atoms. The Hall–Kier alpha value is -3.96. The summed E-state index contributed by atoms with van der Waals surface area (Å²) < 4.78 is 13.0. The molecule has 3 aromatic rings. The summed E-state index contributed by atoms with van der Waals surface area (Å²) in [5.74, 6) is 0.134. The zero-order chi connectivity index (χ0) is 31.9. The lowest BCUT2D eigenvalue weighted by molar-refractivity contribution is -0.144. The average molecular weight is 637 g/mol. The SMILES string of the molecule is CCOCCNC(=O)C(c1cccc(Cl)c1OC)N(CCn1cnnc1C1CC1)C(=O)C1CC(=O)N(Cc2ccc(C)cc2)C1. The van der Waals surface area contributed by atoms with E-state index in [1.54, 1.807) is 34.3 Å². The minimum atomic E-state index is -1.07. The largest absolute Gasteiger partial charge is 0.495 e. The molecular weight excluding hydrogens is 596 g/mol. The van der Waals surface area contributed by atoms with Gasteiger partial charge in [-0.2, -0.15) is 0 Å². The molecule has 12 heteroatoms. The molecule has 0 spiro atoms. The Morgan fingerprint density at radius 1 is 1.18 bits per heavy atom. The minimum absolute atomic E-state index is 0.0620. The molecule has 2 unspecified atom stereocenters. The number of carbonyl (C=O) groups is 3. The number of rotatable bonds is 15. The van der Waals surface area contributed by atoms with Crippen molar-refractivity contribution in [3.05, 3.63) is 76.3 Å². The third-order valence-corrected chi connectivity index (χ3v) is 8.61. The second kappa shape index (κ2) is 14.9. The molecule has 2 fully saturated rings. The first kappa shape index (κ1) is 32.4. The van der Waals surface area contributed by atoms with Gasteiger partial charge in [0.1, 0.15) is 23.9 Å². The maximum atomic E-state index is 14.5. The Morgan fingerprint density at radius 3 is 2.67 bits per heavy atom. The van der Waals surface area contributed by atoms with Crippen LogP contribution in [-0.2, 0) is 32.2 Å². The van der Waals surface area contributed by atoms with E-state index in [-0.39, 0.29) is 37.9 Å². The Labute approximate surface area is 268 Å². The van der Waals surface area contributed by atoms with Gasteiger partial charge in [-0.25, -0.2) is 0 Å². The van der Waals surface area contributed by atoms with Crippen LogP contribution in [0.25, 0.3) is 0 Å². The van der Waals surface area contributed by atoms with Gasteiger partial charge in [-0.05, 0) is 38.3 Å². The fourth-order valence-corrected chi connectivity index (χ4v) is 6.07. The number of ether oxygens (including phenoxy) is 2. The third kappa shape index (κ3) is 7.83. The van der Waals surface area contributed by atoms with Crippen LogP contribution in [0, 0.1) is 12.8 Å². The molecule has 1 saturated carbocycles. The van der Waals surface area contributed by atoms with E-state index >= 15 is 0 Å². The predicted molar refractivity (Wildman–Crippen MR) is 169 cm³/mol. The second-order valence-corrected chi connectivity index (χ2v) is 12.0. The van der Waals surface area contributed by atoms with Crippen LogP contribution in [0.5, 0.6) is 5.75 Å². The van der Waals surface area contributed by atoms with Crippen molar-refractivity contribution in [1.29, 1.82) is 0 Å². The number of likely N-dealkylation sites (tertiary alicyclic amines) is 1. The summed E-state index contributed by atoms with van der Waals surface area (Å²) in [5.41, 5.74) is 2.59. The number of amides is 3. The monoisotopic (exact) mass is 636 g/mol. The Balaban J connectivity index is 1.46. The van der Waals surface area contributed by atoms with Crippen LogP contribution >= 0.6 is 11.6 Å². The lowest BCUT2D eigenvalue weighted by Gasteiger charge is -2.34. The highest BCUT2D eigenvalue weighted by molar-refractivity contribution is 6.32. The standard InChI is InChI=1S/C33H41ClN6O5/c1-4-45-17-14-35-32(42)29(26-6-5-7-27(34)30(26)44-3)40(16-15-38-21-36-37-31(38)24-12-13-24)33(43)25-18-28(41)39(20-25)19-23-10-8-22(2)9-11-23/h5-11,21,24-25,29H,4,12-20H2,1-3H3,(H,35,42). The number of benzene rings is 2. The zero-order valence-electron chi connectivity index (χ0n) is 26.1. The van der Waals surface area contributed by atoms with E-state index in [0.29, 0.717) is 48.6 Å². The van der Waals surface area contributed by atoms with E-state index in [9.17, 15) is 14.4 Å². The fourth-order valence-electron chi connectivity index (χ4n) is 5.81. The molecule has 45 heavy (non-hydrogen) atoms. The van der Waals surface area contributed by atoms with Crippen LogP contribution in [0.1, 0.15) is 60.7 Å². The molecule has 0 radical (unpaired) electrons. The topological polar surface area (TPSA) is 119 Å². The normalized spacial score (nSPS) is 16.9. The Bertz CT molecular complexity index is 1490. The molecule has 2 heterocycles. The lowest BCUT2D eigenvalue weighted by Crippen LogP contribution is -2.48. The van der Waals surface area contributed by atoms with Crippen molar-refractivity contribution in [3.63, 3.8) is 0 Å². The van der Waals surface area contributed by atoms with Gasteiger partial charge in [0.05, 0.1) is 24.7 Å². The Morgan fingerprint density at radius 2 is 1.96 bits per heavy atom. The number of aromatic nitrogens is 3. The number of hydrogen-bond donors (Lipinski definition) is 1. The van der Waals surface area contributed by atoms with Crippen molar-refractivity contribution in [3.8, 4) is 5.75 Å². The first-order valence-corrected chi connectivity index (χ1v) is 15.9. The zero-order valence-corrected chi connectivity index (χ0v) is 26.8. The third-order valence-electron chi connectivity index (χ3n) is 8.32. The van der Waals surface area contributed by atoms with Gasteiger partial charge in [0, 0.05) is 57.2 Å². The van der Waals surface area contributed by atoms with Crippen molar-refractivity contribution in [2.24, 2.45) is 5.92 Å². The van der Waals surface area contributed by atoms with Crippen LogP contribution in [-0.4, -0.2) is 82.2 Å². The molecule has 11 nitrogen and oxygen atoms in total. The maximum absolute atomic E-state index is 14.5. The van der Waals surface area contributed by atoms with Gasteiger partial charge >= 0.3 is 0 Å². The van der Waals surface area contributed by atoms with Crippen LogP contribution in [0.15, 0.2) is 48.8 Å². The minimum Gasteiger partial charge on any atom is -0.495 e. The molecule has 3 amide bonds. The van der Waals surface area contributed by atoms with E-state index in [1.165, 1.54) is 7.11 Å². The summed E-state index contributed by atoms with van der Waals surface area (Å²) in [7, 11) is 1.48. The van der Waals surface area contributed by atoms with Gasteiger partial charge in [-0.3, -0.25) is 14.4 Å². The summed E-state index contributed by atoms with van der Waals surface area (Å²) in [6, 6.07) is 12.1. The summed E-state index contributed by atoms with van der Waals surface area (Å²) in [4.78, 5) is 45.0. The van der Waals surface area contributed by atoms with Crippen LogP contribution < -0.4 is 10.1 Å². The number of para-hydroxylation sites is 1. The van der Waals surface area contributed by atoms with Gasteiger partial charge in [0.25, 0.3) is 0 Å². The predicted octanol–water partition coefficient (Wildman–Crippen LogP) is 3.90. The first-order chi connectivity index (χ1) is 21.8. The maximum Gasteiger partial charge on any atom is 0.247 e. The molecular formula is C33H41ClN6O5. The second-order valence-electron chi connectivity index (χ2n) is 11.6. The van der Waals surface area contributed by atoms with Crippen LogP contribution in [0.4, 0.5) is 0 Å². The molecule has 1 saturated heterocycles. The smallest absolute Gasteiger partial charge is 0.247 e. The molecule has 240 valence electrons. The van der Waals surface area contributed by atoms with Crippen molar-refractivity contribution in [2.45, 2.75) is 58.2 Å². The number of methoxy groups -OCH3 is 1. The van der Waals surface area contributed by atoms with Gasteiger partial charge in [0.15, 0.2) is 0 Å². The Kier molecular flexibility index (Phi) is 10.7. The van der Waals surface area contributed by atoms with Crippen molar-refractivity contribution in [2.75, 3.05) is 40.0 Å². The van der Waals surface area contributed by atoms with Gasteiger partial charge in [-0.15, -0.1) is 10.2 Å². The fraction of sp³-hybridized carbons (Fsp3) is 0.485. The molecule has 5 rings (SSSR count). The van der Waals surface area contributed by atoms with Gasteiger partial charge < -0.3 is 29.2 Å². The summed E-state index contributed by atoms with van der Waals surface area (Å²) in [6.07, 6.45) is 3.82. The summed E-state index contributed by atoms with van der Waals surface area (Å²) >= 11 is 6.53. The number of aryl methyl sites for hydroxylation is 1. The van der Waals surface area contributed by atoms with Crippen molar-refractivity contribution >= 4 is 29.3 Å². The molecule has 2 aliphatic rings. The van der Waals surface area contributed by atoms with Crippen LogP contribution in [0.3, 0.4) is 0 Å². The summed E-state index contributed by atoms with van der Waals surface area (Å²) in [6.45, 7) is 6.23. The van der Waals surface area contributed by atoms with E-state index < -0.39 is 17.9 Å².